The third kappa shape index (κ3) is 21.9. The Balaban J connectivity index is 0. The van der Waals surface area contributed by atoms with Crippen molar-refractivity contribution in [3.8, 4) is 0 Å². The van der Waals surface area contributed by atoms with Gasteiger partial charge < -0.3 is 9.84 Å². The number of hydrogen-bond donors (Lipinski definition) is 1. The number of ketones is 2. The third-order valence-electron chi connectivity index (χ3n) is 2.04. The molecule has 0 atom stereocenters. The highest BCUT2D eigenvalue weighted by molar-refractivity contribution is 5.94. The fourth-order valence-electron chi connectivity index (χ4n) is 1.16. The summed E-state index contributed by atoms with van der Waals surface area (Å²) in [5, 5.41) is 7.86. The molecule has 0 spiro atoms. The molecule has 0 heterocycles. The van der Waals surface area contributed by atoms with Crippen molar-refractivity contribution >= 4 is 23.5 Å². The number of aryl methyl sites for hydroxylation is 1. The Morgan fingerprint density at radius 2 is 1.43 bits per heavy atom. The number of rotatable bonds is 5. The molecule has 0 amide bonds. The molecule has 6 nitrogen and oxygen atoms in total. The zero-order valence-electron chi connectivity index (χ0n) is 14.0. The van der Waals surface area contributed by atoms with Gasteiger partial charge in [-0.05, 0) is 27.7 Å². The van der Waals surface area contributed by atoms with Gasteiger partial charge in [0.05, 0.1) is 6.61 Å². The van der Waals surface area contributed by atoms with Gasteiger partial charge in [0.15, 0.2) is 0 Å². The summed E-state index contributed by atoms with van der Waals surface area (Å²) >= 11 is 0. The number of carboxylic acids is 1. The largest absolute Gasteiger partial charge is 0.481 e. The van der Waals surface area contributed by atoms with E-state index in [-0.39, 0.29) is 24.4 Å². The van der Waals surface area contributed by atoms with Crippen molar-refractivity contribution in [1.29, 1.82) is 0 Å². The number of aliphatic carboxylic acids is 1. The van der Waals surface area contributed by atoms with Crippen molar-refractivity contribution in [2.75, 3.05) is 6.61 Å². The van der Waals surface area contributed by atoms with Crippen LogP contribution in [0, 0.1) is 6.92 Å². The Morgan fingerprint density at radius 3 is 1.65 bits per heavy atom. The van der Waals surface area contributed by atoms with Crippen molar-refractivity contribution in [3.63, 3.8) is 0 Å². The fourth-order valence-corrected chi connectivity index (χ4v) is 1.16. The van der Waals surface area contributed by atoms with E-state index in [9.17, 15) is 19.2 Å². The van der Waals surface area contributed by atoms with Crippen molar-refractivity contribution in [1.82, 2.24) is 0 Å². The zero-order valence-corrected chi connectivity index (χ0v) is 14.0. The van der Waals surface area contributed by atoms with Crippen molar-refractivity contribution in [2.24, 2.45) is 0 Å². The van der Waals surface area contributed by atoms with Crippen LogP contribution in [-0.4, -0.2) is 35.2 Å². The molecule has 0 unspecified atom stereocenters. The lowest BCUT2D eigenvalue weighted by Gasteiger charge is -1.96. The average molecular weight is 324 g/mol. The van der Waals surface area contributed by atoms with Gasteiger partial charge in [0.1, 0.15) is 24.4 Å². The first kappa shape index (κ1) is 22.8. The van der Waals surface area contributed by atoms with Crippen LogP contribution in [0.2, 0.25) is 0 Å². The van der Waals surface area contributed by atoms with E-state index >= 15 is 0 Å². The highest BCUT2D eigenvalue weighted by Crippen LogP contribution is 1.92. The first-order valence-corrected chi connectivity index (χ1v) is 7.06. The van der Waals surface area contributed by atoms with Gasteiger partial charge in [0, 0.05) is 0 Å². The van der Waals surface area contributed by atoms with Gasteiger partial charge in [-0.1, -0.05) is 35.9 Å². The Bertz CT molecular complexity index is 481. The monoisotopic (exact) mass is 324 g/mol. The molecule has 1 rings (SSSR count). The molecule has 6 heteroatoms. The number of benzene rings is 1. The Morgan fingerprint density at radius 1 is 0.957 bits per heavy atom. The Labute approximate surface area is 136 Å². The topological polar surface area (TPSA) is 97.7 Å². The van der Waals surface area contributed by atoms with Crippen LogP contribution < -0.4 is 0 Å². The van der Waals surface area contributed by atoms with E-state index in [0.29, 0.717) is 6.61 Å². The summed E-state index contributed by atoms with van der Waals surface area (Å²) in [4.78, 5) is 40.1. The van der Waals surface area contributed by atoms with E-state index in [2.05, 4.69) is 23.8 Å². The third-order valence-corrected chi connectivity index (χ3v) is 2.04. The summed E-state index contributed by atoms with van der Waals surface area (Å²) in [6.07, 6.45) is -0.464. The molecule has 0 saturated carbocycles. The lowest BCUT2D eigenvalue weighted by Crippen LogP contribution is -2.07. The summed E-state index contributed by atoms with van der Waals surface area (Å²) in [7, 11) is 0. The second-order valence-electron chi connectivity index (χ2n) is 4.61. The van der Waals surface area contributed by atoms with E-state index in [0.717, 1.165) is 0 Å². The highest BCUT2D eigenvalue weighted by Gasteiger charge is 2.03. The highest BCUT2D eigenvalue weighted by atomic mass is 16.5. The summed E-state index contributed by atoms with van der Waals surface area (Å²) in [6, 6.07) is 10.3. The molecular weight excluding hydrogens is 300 g/mol. The number of carbonyl (C=O) groups excluding carboxylic acids is 3. The van der Waals surface area contributed by atoms with E-state index < -0.39 is 11.9 Å². The molecule has 0 aliphatic rings. The molecule has 0 saturated heterocycles. The minimum Gasteiger partial charge on any atom is -0.481 e. The van der Waals surface area contributed by atoms with Gasteiger partial charge in [-0.3, -0.25) is 19.2 Å². The van der Waals surface area contributed by atoms with E-state index in [1.807, 2.05) is 18.2 Å². The maximum absolute atomic E-state index is 10.4. The Hall–Kier alpha value is -2.50. The van der Waals surface area contributed by atoms with Crippen LogP contribution in [0.4, 0.5) is 0 Å². The van der Waals surface area contributed by atoms with Crippen molar-refractivity contribution in [2.45, 2.75) is 40.5 Å². The second kappa shape index (κ2) is 14.4. The van der Waals surface area contributed by atoms with Crippen LogP contribution in [-0.2, 0) is 23.9 Å². The molecule has 23 heavy (non-hydrogen) atoms. The van der Waals surface area contributed by atoms with E-state index in [1.54, 1.807) is 6.92 Å². The first-order valence-electron chi connectivity index (χ1n) is 7.06. The van der Waals surface area contributed by atoms with E-state index in [4.69, 9.17) is 5.11 Å². The molecule has 0 aliphatic carbocycles. The normalized spacial score (nSPS) is 8.52. The molecule has 1 aromatic carbocycles. The van der Waals surface area contributed by atoms with Crippen LogP contribution in [0.15, 0.2) is 30.3 Å². The SMILES string of the molecule is CC(=O)CC(=O)O.CCOC(=O)CC(C)=O.Cc1ccccc1. The zero-order chi connectivity index (χ0) is 18.3. The van der Waals surface area contributed by atoms with Crippen molar-refractivity contribution in [3.05, 3.63) is 35.9 Å². The molecule has 0 bridgehead atoms. The van der Waals surface area contributed by atoms with Crippen molar-refractivity contribution < 1.29 is 29.0 Å². The van der Waals surface area contributed by atoms with Gasteiger partial charge in [0.2, 0.25) is 0 Å². The molecule has 0 radical (unpaired) electrons. The molecule has 1 aromatic rings. The smallest absolute Gasteiger partial charge is 0.313 e. The molecule has 0 fully saturated rings. The maximum atomic E-state index is 10.4. The minimum absolute atomic E-state index is 0.103. The lowest BCUT2D eigenvalue weighted by atomic mass is 10.2. The summed E-state index contributed by atoms with van der Waals surface area (Å²) < 4.78 is 4.49. The number of Topliss-reactive ketones (excluding diaryl/α,β-unsaturated/α-hetero) is 2. The van der Waals surface area contributed by atoms with Gasteiger partial charge in [-0.15, -0.1) is 0 Å². The maximum Gasteiger partial charge on any atom is 0.313 e. The molecule has 0 aliphatic heterocycles. The Kier molecular flexibility index (Phi) is 14.3. The molecule has 128 valence electrons. The summed E-state index contributed by atoms with van der Waals surface area (Å²) in [5.74, 6) is -1.97. The standard InChI is InChI=1S/C7H8.C6H10O3.C4H6O3/c1-7-5-3-2-4-6-7;1-3-9-6(8)4-5(2)7;1-3(5)2-4(6)7/h2-6H,1H3;3-4H2,1-2H3;2H2,1H3,(H,6,7). The van der Waals surface area contributed by atoms with Crippen LogP contribution in [0.1, 0.15) is 39.2 Å². The predicted octanol–water partition coefficient (Wildman–Crippen LogP) is 2.57. The number of ether oxygens (including phenoxy) is 1. The van der Waals surface area contributed by atoms with Gasteiger partial charge in [-0.25, -0.2) is 0 Å². The van der Waals surface area contributed by atoms with Crippen LogP contribution in [0.3, 0.4) is 0 Å². The van der Waals surface area contributed by atoms with E-state index in [1.165, 1.54) is 19.4 Å². The van der Waals surface area contributed by atoms with Gasteiger partial charge in [-0.2, -0.15) is 0 Å². The number of carbonyl (C=O) groups is 4. The van der Waals surface area contributed by atoms with Gasteiger partial charge in [0.25, 0.3) is 0 Å². The molecule has 0 aromatic heterocycles. The number of hydrogen-bond acceptors (Lipinski definition) is 5. The van der Waals surface area contributed by atoms with Gasteiger partial charge >= 0.3 is 11.9 Å². The predicted molar refractivity (Wildman–Crippen MR) is 86.0 cm³/mol. The first-order chi connectivity index (χ1) is 10.7. The fraction of sp³-hybridized carbons (Fsp3) is 0.412. The number of esters is 1. The second-order valence-corrected chi connectivity index (χ2v) is 4.61. The quantitative estimate of drug-likeness (QED) is 0.660. The summed E-state index contributed by atoms with van der Waals surface area (Å²) in [5.41, 5.74) is 1.32. The summed E-state index contributed by atoms with van der Waals surface area (Å²) in [6.45, 7) is 6.73. The molecular formula is C17H24O6. The van der Waals surface area contributed by atoms with Crippen LogP contribution in [0.25, 0.3) is 0 Å². The minimum atomic E-state index is -1.06. The molecule has 1 N–H and O–H groups in total. The lowest BCUT2D eigenvalue weighted by molar-refractivity contribution is -0.145. The van der Waals surface area contributed by atoms with Crippen LogP contribution in [0.5, 0.6) is 0 Å². The van der Waals surface area contributed by atoms with Crippen LogP contribution >= 0.6 is 0 Å². The number of carboxylic acid groups (broad SMARTS) is 1. The average Bonchev–Trinajstić information content (AvgIpc) is 2.38.